The number of nitrogens with one attached hydrogen (secondary N) is 2. The highest BCUT2D eigenvalue weighted by Gasteiger charge is 2.25. The molecule has 1 saturated carbocycles. The van der Waals surface area contributed by atoms with Crippen molar-refractivity contribution in [2.45, 2.75) is 37.8 Å². The Labute approximate surface area is 146 Å². The quantitative estimate of drug-likeness (QED) is 0.771. The minimum Gasteiger partial charge on any atom is -0.349 e. The molecule has 0 aromatic heterocycles. The first kappa shape index (κ1) is 18.5. The number of benzene rings is 1. The lowest BCUT2D eigenvalue weighted by Crippen LogP contribution is -2.40. The van der Waals surface area contributed by atoms with Crippen LogP contribution in [0.15, 0.2) is 18.2 Å². The molecule has 0 spiro atoms. The van der Waals surface area contributed by atoms with E-state index >= 15 is 0 Å². The predicted molar refractivity (Wildman–Crippen MR) is 92.1 cm³/mol. The number of rotatable bonds is 3. The lowest BCUT2D eigenvalue weighted by Gasteiger charge is -2.27. The standard InChI is InChI=1S/C16H21FN4O2.ClH/c17-14-6-5-12(21-8-7-19-16(21)23)9-13(14)15(22)20-11-3-1-10(18)2-4-11;/h5-6,9-11H,1-4,7-8,18H2,(H,19,23)(H,20,22);1H. The molecule has 1 aliphatic carbocycles. The molecule has 0 bridgehead atoms. The van der Waals surface area contributed by atoms with Crippen molar-refractivity contribution in [3.05, 3.63) is 29.6 Å². The fraction of sp³-hybridized carbons (Fsp3) is 0.500. The van der Waals surface area contributed by atoms with Gasteiger partial charge < -0.3 is 16.4 Å². The van der Waals surface area contributed by atoms with Crippen LogP contribution in [0.3, 0.4) is 0 Å². The average Bonchev–Trinajstić information content (AvgIpc) is 2.96. The summed E-state index contributed by atoms with van der Waals surface area (Å²) in [6.07, 6.45) is 3.34. The molecule has 0 unspecified atom stereocenters. The molecule has 3 rings (SSSR count). The van der Waals surface area contributed by atoms with Gasteiger partial charge in [0.05, 0.1) is 5.56 Å². The second-order valence-corrected chi connectivity index (χ2v) is 6.13. The molecule has 4 N–H and O–H groups in total. The Balaban J connectivity index is 0.00000208. The summed E-state index contributed by atoms with van der Waals surface area (Å²) >= 11 is 0. The van der Waals surface area contributed by atoms with Gasteiger partial charge in [-0.15, -0.1) is 12.4 Å². The summed E-state index contributed by atoms with van der Waals surface area (Å²) in [7, 11) is 0. The lowest BCUT2D eigenvalue weighted by molar-refractivity contribution is 0.0921. The highest BCUT2D eigenvalue weighted by atomic mass is 35.5. The van der Waals surface area contributed by atoms with Gasteiger partial charge in [-0.2, -0.15) is 0 Å². The van der Waals surface area contributed by atoms with Crippen LogP contribution in [0.5, 0.6) is 0 Å². The fourth-order valence-electron chi connectivity index (χ4n) is 3.10. The Bertz CT molecular complexity index is 620. The van der Waals surface area contributed by atoms with Gasteiger partial charge in [-0.05, 0) is 43.9 Å². The van der Waals surface area contributed by atoms with E-state index < -0.39 is 11.7 Å². The van der Waals surface area contributed by atoms with Crippen molar-refractivity contribution in [3.8, 4) is 0 Å². The number of halogens is 2. The summed E-state index contributed by atoms with van der Waals surface area (Å²) in [6, 6.07) is 4.16. The van der Waals surface area contributed by atoms with Crippen LogP contribution in [-0.2, 0) is 0 Å². The average molecular weight is 357 g/mol. The lowest BCUT2D eigenvalue weighted by atomic mass is 9.91. The number of nitrogens with zero attached hydrogens (tertiary/aromatic N) is 1. The maximum absolute atomic E-state index is 14.0. The molecule has 24 heavy (non-hydrogen) atoms. The number of hydrogen-bond acceptors (Lipinski definition) is 3. The number of nitrogens with two attached hydrogens (primary N) is 1. The summed E-state index contributed by atoms with van der Waals surface area (Å²) in [6.45, 7) is 1.05. The molecule has 1 aliphatic heterocycles. The zero-order valence-corrected chi connectivity index (χ0v) is 14.1. The molecule has 1 aromatic carbocycles. The van der Waals surface area contributed by atoms with Gasteiger partial charge in [0, 0.05) is 30.9 Å². The predicted octanol–water partition coefficient (Wildman–Crippen LogP) is 1.78. The van der Waals surface area contributed by atoms with Crippen LogP contribution < -0.4 is 21.3 Å². The van der Waals surface area contributed by atoms with E-state index in [9.17, 15) is 14.0 Å². The Hall–Kier alpha value is -1.86. The van der Waals surface area contributed by atoms with Crippen molar-refractivity contribution in [2.75, 3.05) is 18.0 Å². The van der Waals surface area contributed by atoms with Crippen LogP contribution in [-0.4, -0.2) is 37.1 Å². The molecule has 1 heterocycles. The highest BCUT2D eigenvalue weighted by molar-refractivity contribution is 5.98. The highest BCUT2D eigenvalue weighted by Crippen LogP contribution is 2.22. The third-order valence-corrected chi connectivity index (χ3v) is 4.47. The van der Waals surface area contributed by atoms with Crippen molar-refractivity contribution < 1.29 is 14.0 Å². The molecule has 3 amide bonds. The molecule has 132 valence electrons. The van der Waals surface area contributed by atoms with Crippen molar-refractivity contribution >= 4 is 30.0 Å². The Morgan fingerprint density at radius 2 is 2.00 bits per heavy atom. The molecule has 0 radical (unpaired) electrons. The van der Waals surface area contributed by atoms with Crippen molar-refractivity contribution in [1.82, 2.24) is 10.6 Å². The number of urea groups is 1. The van der Waals surface area contributed by atoms with Gasteiger partial charge in [0.25, 0.3) is 5.91 Å². The van der Waals surface area contributed by atoms with Crippen LogP contribution in [0.25, 0.3) is 0 Å². The second-order valence-electron chi connectivity index (χ2n) is 6.13. The summed E-state index contributed by atoms with van der Waals surface area (Å²) in [5.74, 6) is -1.03. The second kappa shape index (κ2) is 7.81. The van der Waals surface area contributed by atoms with Crippen molar-refractivity contribution in [2.24, 2.45) is 5.73 Å². The monoisotopic (exact) mass is 356 g/mol. The molecule has 2 aliphatic rings. The Morgan fingerprint density at radius 3 is 2.62 bits per heavy atom. The number of carbonyl (C=O) groups excluding carboxylic acids is 2. The number of hydrogen-bond donors (Lipinski definition) is 3. The van der Waals surface area contributed by atoms with Gasteiger partial charge >= 0.3 is 6.03 Å². The van der Waals surface area contributed by atoms with Gasteiger partial charge in [0.15, 0.2) is 0 Å². The third-order valence-electron chi connectivity index (χ3n) is 4.47. The molecular formula is C16H22ClFN4O2. The van der Waals surface area contributed by atoms with E-state index in [1.807, 2.05) is 0 Å². The summed E-state index contributed by atoms with van der Waals surface area (Å²) in [5.41, 5.74) is 6.34. The zero-order chi connectivity index (χ0) is 16.4. The van der Waals surface area contributed by atoms with Gasteiger partial charge in [0.2, 0.25) is 0 Å². The fourth-order valence-corrected chi connectivity index (χ4v) is 3.10. The summed E-state index contributed by atoms with van der Waals surface area (Å²) in [4.78, 5) is 25.6. The molecule has 6 nitrogen and oxygen atoms in total. The van der Waals surface area contributed by atoms with Gasteiger partial charge in [0.1, 0.15) is 5.82 Å². The first-order valence-electron chi connectivity index (χ1n) is 7.96. The van der Waals surface area contributed by atoms with E-state index in [0.29, 0.717) is 18.8 Å². The van der Waals surface area contributed by atoms with Crippen LogP contribution in [0.2, 0.25) is 0 Å². The van der Waals surface area contributed by atoms with E-state index in [1.165, 1.54) is 23.1 Å². The van der Waals surface area contributed by atoms with Crippen LogP contribution >= 0.6 is 12.4 Å². The molecular weight excluding hydrogens is 335 g/mol. The first-order valence-corrected chi connectivity index (χ1v) is 7.96. The van der Waals surface area contributed by atoms with E-state index in [2.05, 4.69) is 10.6 Å². The van der Waals surface area contributed by atoms with E-state index in [4.69, 9.17) is 5.73 Å². The molecule has 1 saturated heterocycles. The van der Waals surface area contributed by atoms with Crippen molar-refractivity contribution in [3.63, 3.8) is 0 Å². The molecule has 2 fully saturated rings. The van der Waals surface area contributed by atoms with Crippen LogP contribution in [0.4, 0.5) is 14.9 Å². The minimum atomic E-state index is -0.585. The smallest absolute Gasteiger partial charge is 0.321 e. The van der Waals surface area contributed by atoms with Gasteiger partial charge in [-0.3, -0.25) is 9.69 Å². The summed E-state index contributed by atoms with van der Waals surface area (Å²) in [5, 5.41) is 5.55. The van der Waals surface area contributed by atoms with Gasteiger partial charge in [-0.25, -0.2) is 9.18 Å². The minimum absolute atomic E-state index is 0. The molecule has 0 atom stereocenters. The zero-order valence-electron chi connectivity index (χ0n) is 13.3. The number of amides is 3. The van der Waals surface area contributed by atoms with Crippen LogP contribution in [0.1, 0.15) is 36.0 Å². The van der Waals surface area contributed by atoms with E-state index in [-0.39, 0.29) is 36.1 Å². The van der Waals surface area contributed by atoms with E-state index in [1.54, 1.807) is 0 Å². The van der Waals surface area contributed by atoms with Gasteiger partial charge in [-0.1, -0.05) is 0 Å². The van der Waals surface area contributed by atoms with Crippen molar-refractivity contribution in [1.29, 1.82) is 0 Å². The topological polar surface area (TPSA) is 87.5 Å². The Kier molecular flexibility index (Phi) is 6.01. The third kappa shape index (κ3) is 3.96. The first-order chi connectivity index (χ1) is 11.0. The van der Waals surface area contributed by atoms with E-state index in [0.717, 1.165) is 25.7 Å². The SMILES string of the molecule is Cl.NC1CCC(NC(=O)c2cc(N3CCNC3=O)ccc2F)CC1. The summed E-state index contributed by atoms with van der Waals surface area (Å²) < 4.78 is 14.0. The number of carbonyl (C=O) groups is 2. The normalized spacial score (nSPS) is 23.4. The largest absolute Gasteiger partial charge is 0.349 e. The maximum Gasteiger partial charge on any atom is 0.321 e. The maximum atomic E-state index is 14.0. The number of anilines is 1. The molecule has 1 aromatic rings. The molecule has 8 heteroatoms. The van der Waals surface area contributed by atoms with Crippen LogP contribution in [0, 0.1) is 5.82 Å². The Morgan fingerprint density at radius 1 is 1.29 bits per heavy atom.